The summed E-state index contributed by atoms with van der Waals surface area (Å²) in [4.78, 5) is 29.4. The lowest BCUT2D eigenvalue weighted by Gasteiger charge is -2.18. The average molecular weight is 437 g/mol. The summed E-state index contributed by atoms with van der Waals surface area (Å²) in [6.45, 7) is 1.61. The van der Waals surface area contributed by atoms with Gasteiger partial charge < -0.3 is 0 Å². The highest BCUT2D eigenvalue weighted by Crippen LogP contribution is 2.33. The summed E-state index contributed by atoms with van der Waals surface area (Å²) >= 11 is 1.22. The second-order valence-corrected chi connectivity index (χ2v) is 10.8. The lowest BCUT2D eigenvalue weighted by molar-refractivity contribution is 0.102. The van der Waals surface area contributed by atoms with Crippen LogP contribution in [0.5, 0.6) is 0 Å². The first-order valence-corrected chi connectivity index (χ1v) is 12.3. The summed E-state index contributed by atoms with van der Waals surface area (Å²) in [5.74, 6) is -0.327. The number of benzene rings is 1. The molecular weight excluding hydrogens is 415 g/mol. The third kappa shape index (κ3) is 4.02. The molecule has 0 N–H and O–H groups in total. The number of fused-ring (bicyclic) bond motifs is 1. The first-order valence-electron chi connectivity index (χ1n) is 9.52. The molecule has 9 heteroatoms. The van der Waals surface area contributed by atoms with Crippen molar-refractivity contribution >= 4 is 27.4 Å². The van der Waals surface area contributed by atoms with E-state index in [9.17, 15) is 22.4 Å². The van der Waals surface area contributed by atoms with Crippen LogP contribution in [-0.2, 0) is 22.7 Å². The van der Waals surface area contributed by atoms with Gasteiger partial charge in [0.25, 0.3) is 0 Å². The van der Waals surface area contributed by atoms with Crippen molar-refractivity contribution in [3.63, 3.8) is 0 Å². The highest BCUT2D eigenvalue weighted by Gasteiger charge is 2.33. The van der Waals surface area contributed by atoms with Gasteiger partial charge in [-0.15, -0.1) is 0 Å². The number of carbonyl (C=O) groups excluding carboxylic acids is 1. The van der Waals surface area contributed by atoms with Crippen LogP contribution in [0, 0.1) is 12.7 Å². The standard InChI is InChI=1S/C20H21FN2O4S2/c1-12-9-13(5-6-16(12)21)18(24)10-28-19-15-3-2-4-17(15)23(20(25)22-19)14-7-8-29(26,27)11-14/h5-6,9,14H,2-4,7-8,10-11H2,1H3. The minimum Gasteiger partial charge on any atom is -0.293 e. The third-order valence-corrected chi connectivity index (χ3v) is 8.30. The summed E-state index contributed by atoms with van der Waals surface area (Å²) in [6.07, 6.45) is 2.78. The summed E-state index contributed by atoms with van der Waals surface area (Å²) in [7, 11) is -3.11. The molecule has 1 aliphatic heterocycles. The molecule has 0 spiro atoms. The molecule has 1 aromatic carbocycles. The largest absolute Gasteiger partial charge is 0.349 e. The highest BCUT2D eigenvalue weighted by molar-refractivity contribution is 8.00. The Hall–Kier alpha value is -2.00. The van der Waals surface area contributed by atoms with E-state index in [0.717, 1.165) is 24.1 Å². The molecule has 6 nitrogen and oxygen atoms in total. The molecule has 0 bridgehead atoms. The van der Waals surface area contributed by atoms with Crippen molar-refractivity contribution in [2.45, 2.75) is 43.7 Å². The summed E-state index contributed by atoms with van der Waals surface area (Å²) in [6, 6.07) is 3.91. The fourth-order valence-electron chi connectivity index (χ4n) is 4.06. The van der Waals surface area contributed by atoms with Gasteiger partial charge in [-0.1, -0.05) is 11.8 Å². The maximum absolute atomic E-state index is 13.4. The van der Waals surface area contributed by atoms with Crippen molar-refractivity contribution in [1.29, 1.82) is 0 Å². The van der Waals surface area contributed by atoms with Crippen molar-refractivity contribution in [3.05, 3.63) is 56.9 Å². The minimum atomic E-state index is -3.11. The Balaban J connectivity index is 1.58. The Morgan fingerprint density at radius 1 is 1.34 bits per heavy atom. The zero-order chi connectivity index (χ0) is 20.8. The lowest BCUT2D eigenvalue weighted by Crippen LogP contribution is -2.31. The zero-order valence-electron chi connectivity index (χ0n) is 16.0. The van der Waals surface area contributed by atoms with Crippen LogP contribution < -0.4 is 5.69 Å². The third-order valence-electron chi connectivity index (χ3n) is 5.53. The van der Waals surface area contributed by atoms with Crippen LogP contribution >= 0.6 is 11.8 Å². The van der Waals surface area contributed by atoms with Gasteiger partial charge in [0.2, 0.25) is 0 Å². The van der Waals surface area contributed by atoms with Crippen LogP contribution in [0.3, 0.4) is 0 Å². The molecule has 1 atom stereocenters. The predicted molar refractivity (Wildman–Crippen MR) is 109 cm³/mol. The normalized spacial score (nSPS) is 20.0. The number of ketones is 1. The maximum atomic E-state index is 13.4. The van der Waals surface area contributed by atoms with Gasteiger partial charge in [-0.05, 0) is 56.4 Å². The second-order valence-electron chi connectivity index (χ2n) is 7.58. The number of hydrogen-bond acceptors (Lipinski definition) is 6. The van der Waals surface area contributed by atoms with Crippen LogP contribution in [0.25, 0.3) is 0 Å². The number of Topliss-reactive ketones (excluding diaryl/α,β-unsaturated/α-hetero) is 1. The van der Waals surface area contributed by atoms with Crippen LogP contribution in [0.2, 0.25) is 0 Å². The van der Waals surface area contributed by atoms with Gasteiger partial charge in [0, 0.05) is 16.8 Å². The van der Waals surface area contributed by atoms with Crippen molar-refractivity contribution in [3.8, 4) is 0 Å². The van der Waals surface area contributed by atoms with E-state index in [1.807, 2.05) is 0 Å². The molecule has 4 rings (SSSR count). The van der Waals surface area contributed by atoms with Gasteiger partial charge in [0.15, 0.2) is 15.6 Å². The fourth-order valence-corrected chi connectivity index (χ4v) is 6.73. The van der Waals surface area contributed by atoms with E-state index in [1.165, 1.54) is 30.0 Å². The van der Waals surface area contributed by atoms with E-state index in [-0.39, 0.29) is 34.9 Å². The van der Waals surface area contributed by atoms with E-state index in [2.05, 4.69) is 4.98 Å². The van der Waals surface area contributed by atoms with E-state index < -0.39 is 15.5 Å². The highest BCUT2D eigenvalue weighted by atomic mass is 32.2. The number of nitrogens with zero attached hydrogens (tertiary/aromatic N) is 2. The number of aromatic nitrogens is 2. The molecule has 1 saturated heterocycles. The molecule has 154 valence electrons. The van der Waals surface area contributed by atoms with Gasteiger partial charge in [-0.25, -0.2) is 17.6 Å². The van der Waals surface area contributed by atoms with Crippen molar-refractivity contribution in [2.24, 2.45) is 0 Å². The number of thioether (sulfide) groups is 1. The van der Waals surface area contributed by atoms with E-state index in [0.29, 0.717) is 29.0 Å². The Kier molecular flexibility index (Phi) is 5.37. The smallest absolute Gasteiger partial charge is 0.293 e. The monoisotopic (exact) mass is 436 g/mol. The molecule has 0 amide bonds. The molecule has 1 aliphatic carbocycles. The number of carbonyl (C=O) groups is 1. The van der Waals surface area contributed by atoms with Gasteiger partial charge in [-0.2, -0.15) is 4.98 Å². The number of sulfone groups is 1. The van der Waals surface area contributed by atoms with Crippen LogP contribution in [0.15, 0.2) is 28.0 Å². The molecular formula is C20H21FN2O4S2. The van der Waals surface area contributed by atoms with Crippen LogP contribution in [0.1, 0.15) is 46.1 Å². The first-order chi connectivity index (χ1) is 13.7. The van der Waals surface area contributed by atoms with Crippen molar-refractivity contribution in [1.82, 2.24) is 9.55 Å². The fraction of sp³-hybridized carbons (Fsp3) is 0.450. The molecule has 2 aliphatic rings. The second kappa shape index (κ2) is 7.68. The minimum absolute atomic E-state index is 0.0179. The van der Waals surface area contributed by atoms with E-state index in [1.54, 1.807) is 11.5 Å². The predicted octanol–water partition coefficient (Wildman–Crippen LogP) is 2.51. The topological polar surface area (TPSA) is 86.1 Å². The van der Waals surface area contributed by atoms with Crippen molar-refractivity contribution < 1.29 is 17.6 Å². The number of rotatable bonds is 5. The molecule has 2 heterocycles. The first kappa shape index (κ1) is 20.3. The molecule has 0 radical (unpaired) electrons. The average Bonchev–Trinajstić information content (AvgIpc) is 3.28. The summed E-state index contributed by atoms with van der Waals surface area (Å²) in [5.41, 5.74) is 2.20. The van der Waals surface area contributed by atoms with Gasteiger partial charge >= 0.3 is 5.69 Å². The molecule has 29 heavy (non-hydrogen) atoms. The number of hydrogen-bond donors (Lipinski definition) is 0. The molecule has 2 aromatic rings. The number of aryl methyl sites for hydroxylation is 1. The van der Waals surface area contributed by atoms with E-state index >= 15 is 0 Å². The molecule has 1 aromatic heterocycles. The Labute approximate surface area is 172 Å². The molecule has 0 saturated carbocycles. The van der Waals surface area contributed by atoms with Gasteiger partial charge in [0.1, 0.15) is 10.8 Å². The maximum Gasteiger partial charge on any atom is 0.349 e. The Morgan fingerprint density at radius 2 is 2.14 bits per heavy atom. The molecule has 1 fully saturated rings. The summed E-state index contributed by atoms with van der Waals surface area (Å²) < 4.78 is 38.7. The summed E-state index contributed by atoms with van der Waals surface area (Å²) in [5, 5.41) is 0.548. The Morgan fingerprint density at radius 3 is 2.83 bits per heavy atom. The van der Waals surface area contributed by atoms with Crippen LogP contribution in [0.4, 0.5) is 4.39 Å². The quantitative estimate of drug-likeness (QED) is 0.407. The zero-order valence-corrected chi connectivity index (χ0v) is 17.6. The van der Waals surface area contributed by atoms with E-state index in [4.69, 9.17) is 0 Å². The van der Waals surface area contributed by atoms with Gasteiger partial charge in [0.05, 0.1) is 23.3 Å². The lowest BCUT2D eigenvalue weighted by atomic mass is 10.1. The van der Waals surface area contributed by atoms with Crippen molar-refractivity contribution in [2.75, 3.05) is 17.3 Å². The molecule has 1 unspecified atom stereocenters. The van der Waals surface area contributed by atoms with Gasteiger partial charge in [-0.3, -0.25) is 9.36 Å². The van der Waals surface area contributed by atoms with Crippen LogP contribution in [-0.4, -0.2) is 41.0 Å². The number of halogens is 1. The SMILES string of the molecule is Cc1cc(C(=O)CSc2nc(=O)n(C3CCS(=O)(=O)C3)c3c2CCC3)ccc1F. The Bertz CT molecular complexity index is 1160.